The highest BCUT2D eigenvalue weighted by Crippen LogP contribution is 2.32. The van der Waals surface area contributed by atoms with Gasteiger partial charge in [-0.1, -0.05) is 19.3 Å². The third-order valence-electron chi connectivity index (χ3n) is 3.44. The molecular weight excluding hydrogens is 262 g/mol. The van der Waals surface area contributed by atoms with Crippen molar-refractivity contribution in [3.63, 3.8) is 0 Å². The molecule has 1 unspecified atom stereocenters. The van der Waals surface area contributed by atoms with E-state index in [0.717, 1.165) is 19.3 Å². The molecule has 1 aliphatic carbocycles. The monoisotopic (exact) mass is 287 g/mol. The second-order valence-electron chi connectivity index (χ2n) is 6.27. The Kier molecular flexibility index (Phi) is 5.39. The van der Waals surface area contributed by atoms with Gasteiger partial charge in [0.25, 0.3) is 0 Å². The molecule has 0 aromatic heterocycles. The van der Waals surface area contributed by atoms with Crippen molar-refractivity contribution in [3.8, 4) is 0 Å². The van der Waals surface area contributed by atoms with Gasteiger partial charge in [0.2, 0.25) is 0 Å². The average Bonchev–Trinajstić information content (AvgIpc) is 2.35. The summed E-state index contributed by atoms with van der Waals surface area (Å²) in [6, 6.07) is 0. The molecule has 0 radical (unpaired) electrons. The minimum atomic E-state index is -1.37. The standard InChI is InChI=1S/C14H25NO5/c1-13(2,3)20-12(18)15-14(8-6-5-7-9-14)10(16)11(17)19-4/h10,16H,5-9H2,1-4H3,(H,15,18). The fourth-order valence-electron chi connectivity index (χ4n) is 2.49. The van der Waals surface area contributed by atoms with Gasteiger partial charge in [0, 0.05) is 0 Å². The highest BCUT2D eigenvalue weighted by molar-refractivity contribution is 5.78. The molecule has 0 bridgehead atoms. The Balaban J connectivity index is 2.83. The van der Waals surface area contributed by atoms with E-state index in [2.05, 4.69) is 10.1 Å². The van der Waals surface area contributed by atoms with Gasteiger partial charge in [-0.2, -0.15) is 0 Å². The largest absolute Gasteiger partial charge is 0.467 e. The first kappa shape index (κ1) is 16.8. The predicted octanol–water partition coefficient (Wildman–Crippen LogP) is 1.75. The van der Waals surface area contributed by atoms with Crippen LogP contribution in [0.5, 0.6) is 0 Å². The highest BCUT2D eigenvalue weighted by atomic mass is 16.6. The van der Waals surface area contributed by atoms with E-state index in [-0.39, 0.29) is 0 Å². The van der Waals surface area contributed by atoms with Crippen molar-refractivity contribution in [1.82, 2.24) is 5.32 Å². The number of hydrogen-bond acceptors (Lipinski definition) is 5. The molecule has 0 heterocycles. The molecule has 1 saturated carbocycles. The summed E-state index contributed by atoms with van der Waals surface area (Å²) in [6.07, 6.45) is 1.76. The van der Waals surface area contributed by atoms with Crippen molar-refractivity contribution in [1.29, 1.82) is 0 Å². The Morgan fingerprint density at radius 2 is 1.75 bits per heavy atom. The lowest BCUT2D eigenvalue weighted by Gasteiger charge is -2.40. The summed E-state index contributed by atoms with van der Waals surface area (Å²) in [6.45, 7) is 5.28. The van der Waals surface area contributed by atoms with E-state index in [0.29, 0.717) is 12.8 Å². The summed E-state index contributed by atoms with van der Waals surface area (Å²) in [7, 11) is 1.22. The molecule has 0 aromatic carbocycles. The molecule has 0 aliphatic heterocycles. The molecule has 0 spiro atoms. The zero-order valence-corrected chi connectivity index (χ0v) is 12.7. The quantitative estimate of drug-likeness (QED) is 0.772. The third-order valence-corrected chi connectivity index (χ3v) is 3.44. The van der Waals surface area contributed by atoms with Crippen LogP contribution in [0.4, 0.5) is 4.79 Å². The van der Waals surface area contributed by atoms with Gasteiger partial charge in [-0.15, -0.1) is 0 Å². The number of carbonyl (C=O) groups is 2. The van der Waals surface area contributed by atoms with E-state index in [1.54, 1.807) is 20.8 Å². The minimum Gasteiger partial charge on any atom is -0.467 e. The van der Waals surface area contributed by atoms with Crippen LogP contribution in [0.15, 0.2) is 0 Å². The minimum absolute atomic E-state index is 0.530. The van der Waals surface area contributed by atoms with Gasteiger partial charge < -0.3 is 19.9 Å². The summed E-state index contributed by atoms with van der Waals surface area (Å²) >= 11 is 0. The number of esters is 1. The van der Waals surface area contributed by atoms with Crippen molar-refractivity contribution in [2.45, 2.75) is 70.1 Å². The summed E-state index contributed by atoms with van der Waals surface area (Å²) in [4.78, 5) is 23.6. The fraction of sp³-hybridized carbons (Fsp3) is 0.857. The Bertz CT molecular complexity index is 355. The number of hydrogen-bond donors (Lipinski definition) is 2. The maximum Gasteiger partial charge on any atom is 0.408 e. The topological polar surface area (TPSA) is 84.9 Å². The van der Waals surface area contributed by atoms with E-state index in [4.69, 9.17) is 4.74 Å². The molecule has 116 valence electrons. The summed E-state index contributed by atoms with van der Waals surface area (Å²) in [5.74, 6) is -0.733. The maximum absolute atomic E-state index is 12.0. The fourth-order valence-corrected chi connectivity index (χ4v) is 2.49. The number of amides is 1. The van der Waals surface area contributed by atoms with E-state index in [1.165, 1.54) is 7.11 Å². The number of rotatable bonds is 3. The summed E-state index contributed by atoms with van der Waals surface area (Å²) in [5.41, 5.74) is -1.62. The van der Waals surface area contributed by atoms with Crippen LogP contribution in [0, 0.1) is 0 Å². The van der Waals surface area contributed by atoms with E-state index in [1.807, 2.05) is 0 Å². The van der Waals surface area contributed by atoms with Crippen molar-refractivity contribution >= 4 is 12.1 Å². The van der Waals surface area contributed by atoms with Crippen LogP contribution >= 0.6 is 0 Å². The zero-order chi connectivity index (χ0) is 15.4. The molecule has 1 aliphatic rings. The molecule has 1 rings (SSSR count). The Morgan fingerprint density at radius 3 is 2.20 bits per heavy atom. The summed E-state index contributed by atoms with van der Waals surface area (Å²) < 4.78 is 9.81. The van der Waals surface area contributed by atoms with E-state index < -0.39 is 29.3 Å². The second-order valence-corrected chi connectivity index (χ2v) is 6.27. The number of carbonyl (C=O) groups excluding carboxylic acids is 2. The Labute approximate surface area is 119 Å². The molecule has 0 aromatic rings. The van der Waals surface area contributed by atoms with Crippen LogP contribution in [0.25, 0.3) is 0 Å². The normalized spacial score (nSPS) is 19.9. The first-order valence-electron chi connectivity index (χ1n) is 6.97. The number of nitrogens with one attached hydrogen (secondary N) is 1. The molecular formula is C14H25NO5. The molecule has 2 N–H and O–H groups in total. The van der Waals surface area contributed by atoms with Crippen molar-refractivity contribution in [2.24, 2.45) is 0 Å². The van der Waals surface area contributed by atoms with Gasteiger partial charge in [0.05, 0.1) is 12.6 Å². The molecule has 6 nitrogen and oxygen atoms in total. The average molecular weight is 287 g/mol. The molecule has 20 heavy (non-hydrogen) atoms. The molecule has 1 fully saturated rings. The smallest absolute Gasteiger partial charge is 0.408 e. The predicted molar refractivity (Wildman–Crippen MR) is 73.2 cm³/mol. The molecule has 1 amide bonds. The van der Waals surface area contributed by atoms with Crippen molar-refractivity contribution in [3.05, 3.63) is 0 Å². The number of aliphatic hydroxyl groups excluding tert-OH is 1. The van der Waals surface area contributed by atoms with Crippen molar-refractivity contribution in [2.75, 3.05) is 7.11 Å². The van der Waals surface area contributed by atoms with Crippen LogP contribution in [-0.2, 0) is 14.3 Å². The lowest BCUT2D eigenvalue weighted by Crippen LogP contribution is -2.61. The lowest BCUT2D eigenvalue weighted by atomic mass is 9.77. The van der Waals surface area contributed by atoms with Gasteiger partial charge in [-0.25, -0.2) is 9.59 Å². The van der Waals surface area contributed by atoms with Gasteiger partial charge >= 0.3 is 12.1 Å². The summed E-state index contributed by atoms with van der Waals surface area (Å²) in [5, 5.41) is 12.9. The second kappa shape index (κ2) is 6.43. The van der Waals surface area contributed by atoms with Crippen LogP contribution in [0.2, 0.25) is 0 Å². The van der Waals surface area contributed by atoms with Crippen LogP contribution < -0.4 is 5.32 Å². The SMILES string of the molecule is COC(=O)C(O)C1(NC(=O)OC(C)(C)C)CCCCC1. The van der Waals surface area contributed by atoms with Crippen molar-refractivity contribution < 1.29 is 24.2 Å². The Morgan fingerprint density at radius 1 is 1.20 bits per heavy atom. The number of alkyl carbamates (subject to hydrolysis) is 1. The number of aliphatic hydroxyl groups is 1. The maximum atomic E-state index is 12.0. The third kappa shape index (κ3) is 4.37. The van der Waals surface area contributed by atoms with Gasteiger partial charge in [-0.3, -0.25) is 0 Å². The van der Waals surface area contributed by atoms with Crippen LogP contribution in [-0.4, -0.2) is 41.5 Å². The lowest BCUT2D eigenvalue weighted by molar-refractivity contribution is -0.156. The van der Waals surface area contributed by atoms with E-state index in [9.17, 15) is 14.7 Å². The van der Waals surface area contributed by atoms with Gasteiger partial charge in [0.1, 0.15) is 5.60 Å². The molecule has 0 saturated heterocycles. The molecule has 6 heteroatoms. The van der Waals surface area contributed by atoms with E-state index >= 15 is 0 Å². The Hall–Kier alpha value is -1.30. The van der Waals surface area contributed by atoms with Crippen LogP contribution in [0.3, 0.4) is 0 Å². The molecule has 1 atom stereocenters. The van der Waals surface area contributed by atoms with Crippen LogP contribution in [0.1, 0.15) is 52.9 Å². The highest BCUT2D eigenvalue weighted by Gasteiger charge is 2.45. The first-order chi connectivity index (χ1) is 9.20. The number of ether oxygens (including phenoxy) is 2. The first-order valence-corrected chi connectivity index (χ1v) is 6.97. The number of methoxy groups -OCH3 is 1. The zero-order valence-electron chi connectivity index (χ0n) is 12.7. The van der Waals surface area contributed by atoms with Gasteiger partial charge in [0.15, 0.2) is 6.10 Å². The van der Waals surface area contributed by atoms with Gasteiger partial charge in [-0.05, 0) is 33.6 Å².